The first-order valence-corrected chi connectivity index (χ1v) is 9.70. The van der Waals surface area contributed by atoms with Crippen LogP contribution in [0.2, 0.25) is 0 Å². The smallest absolute Gasteiger partial charge is 0.317 e. The van der Waals surface area contributed by atoms with Gasteiger partial charge in [0.25, 0.3) is 10.1 Å². The Hall–Kier alpha value is -1.60. The summed E-state index contributed by atoms with van der Waals surface area (Å²) in [6.45, 7) is 7.16. The summed E-state index contributed by atoms with van der Waals surface area (Å²) in [5, 5.41) is 2.87. The number of nitrogens with one attached hydrogen (secondary N) is 1. The van der Waals surface area contributed by atoms with Gasteiger partial charge in [-0.05, 0) is 51.7 Å². The summed E-state index contributed by atoms with van der Waals surface area (Å²) >= 11 is 0. The van der Waals surface area contributed by atoms with E-state index >= 15 is 0 Å². The van der Waals surface area contributed by atoms with Gasteiger partial charge in [0.2, 0.25) is 0 Å². The molecule has 2 rings (SSSR count). The second-order valence-electron chi connectivity index (χ2n) is 6.59. The average molecular weight is 354 g/mol. The van der Waals surface area contributed by atoms with E-state index in [1.54, 1.807) is 29.2 Å². The number of amides is 2. The molecule has 1 heterocycles. The Balaban J connectivity index is 1.82. The van der Waals surface area contributed by atoms with Crippen molar-refractivity contribution in [3.63, 3.8) is 0 Å². The Bertz CT molecular complexity index is 648. The summed E-state index contributed by atoms with van der Waals surface area (Å²) in [5.74, 6) is 0.147. The monoisotopic (exact) mass is 354 g/mol. The molecule has 134 valence electrons. The van der Waals surface area contributed by atoms with E-state index in [9.17, 15) is 13.2 Å². The van der Waals surface area contributed by atoms with Crippen molar-refractivity contribution in [1.82, 2.24) is 10.2 Å². The number of aryl methyl sites for hydroxylation is 1. The summed E-state index contributed by atoms with van der Waals surface area (Å²) in [6.07, 6.45) is 1.49. The first-order chi connectivity index (χ1) is 11.3. The van der Waals surface area contributed by atoms with Crippen molar-refractivity contribution < 1.29 is 17.4 Å². The molecule has 1 aromatic rings. The summed E-state index contributed by atoms with van der Waals surface area (Å²) < 4.78 is 29.6. The standard InChI is InChI=1S/C17H26N2O4S/c1-13(2)18-17(20)19-10-8-15(9-11-19)12-23-24(21,22)16-6-4-14(3)5-7-16/h4-7,13,15H,8-12H2,1-3H3,(H,18,20). The van der Waals surface area contributed by atoms with Crippen LogP contribution in [-0.4, -0.2) is 45.1 Å². The van der Waals surface area contributed by atoms with E-state index in [-0.39, 0.29) is 29.5 Å². The van der Waals surface area contributed by atoms with E-state index in [1.165, 1.54) is 0 Å². The van der Waals surface area contributed by atoms with Gasteiger partial charge >= 0.3 is 6.03 Å². The second-order valence-corrected chi connectivity index (χ2v) is 8.20. The van der Waals surface area contributed by atoms with Crippen LogP contribution in [0.1, 0.15) is 32.3 Å². The first-order valence-electron chi connectivity index (χ1n) is 8.29. The number of piperidine rings is 1. The Morgan fingerprint density at radius 1 is 1.25 bits per heavy atom. The van der Waals surface area contributed by atoms with Crippen LogP contribution in [0.15, 0.2) is 29.2 Å². The molecule has 1 fully saturated rings. The molecule has 1 aromatic carbocycles. The molecule has 0 saturated carbocycles. The highest BCUT2D eigenvalue weighted by molar-refractivity contribution is 7.86. The van der Waals surface area contributed by atoms with Crippen LogP contribution in [0.5, 0.6) is 0 Å². The largest absolute Gasteiger partial charge is 0.336 e. The van der Waals surface area contributed by atoms with Gasteiger partial charge in [-0.3, -0.25) is 4.18 Å². The summed E-state index contributed by atoms with van der Waals surface area (Å²) in [6, 6.07) is 6.67. The van der Waals surface area contributed by atoms with Crippen molar-refractivity contribution in [2.24, 2.45) is 5.92 Å². The molecule has 2 amide bonds. The minimum atomic E-state index is -3.72. The van der Waals surface area contributed by atoms with Gasteiger partial charge in [0, 0.05) is 19.1 Å². The molecule has 6 nitrogen and oxygen atoms in total. The van der Waals surface area contributed by atoms with Gasteiger partial charge in [-0.1, -0.05) is 17.7 Å². The zero-order valence-electron chi connectivity index (χ0n) is 14.5. The third-order valence-electron chi connectivity index (χ3n) is 4.08. The van der Waals surface area contributed by atoms with E-state index in [1.807, 2.05) is 20.8 Å². The van der Waals surface area contributed by atoms with Crippen LogP contribution in [0.25, 0.3) is 0 Å². The number of likely N-dealkylation sites (tertiary alicyclic amines) is 1. The lowest BCUT2D eigenvalue weighted by atomic mass is 9.98. The van der Waals surface area contributed by atoms with E-state index < -0.39 is 10.1 Å². The predicted octanol–water partition coefficient (Wildman–Crippen LogP) is 2.53. The molecule has 0 spiro atoms. The van der Waals surface area contributed by atoms with Crippen LogP contribution >= 0.6 is 0 Å². The lowest BCUT2D eigenvalue weighted by molar-refractivity contribution is 0.145. The highest BCUT2D eigenvalue weighted by Crippen LogP contribution is 2.20. The molecule has 0 atom stereocenters. The molecule has 1 saturated heterocycles. The second kappa shape index (κ2) is 7.98. The van der Waals surface area contributed by atoms with Crippen LogP contribution in [0.3, 0.4) is 0 Å². The maximum absolute atomic E-state index is 12.2. The predicted molar refractivity (Wildman–Crippen MR) is 92.3 cm³/mol. The third-order valence-corrected chi connectivity index (χ3v) is 5.38. The Morgan fingerprint density at radius 3 is 2.38 bits per heavy atom. The number of hydrogen-bond donors (Lipinski definition) is 1. The number of carbonyl (C=O) groups excluding carboxylic acids is 1. The number of rotatable bonds is 5. The normalized spacial score (nSPS) is 16.4. The van der Waals surface area contributed by atoms with Gasteiger partial charge < -0.3 is 10.2 Å². The maximum atomic E-state index is 12.2. The van der Waals surface area contributed by atoms with E-state index in [0.29, 0.717) is 13.1 Å². The van der Waals surface area contributed by atoms with Crippen LogP contribution in [0, 0.1) is 12.8 Å². The van der Waals surface area contributed by atoms with Crippen molar-refractivity contribution in [2.45, 2.75) is 44.6 Å². The number of benzene rings is 1. The van der Waals surface area contributed by atoms with Gasteiger partial charge in [0.1, 0.15) is 0 Å². The molecule has 0 aliphatic carbocycles. The summed E-state index contributed by atoms with van der Waals surface area (Å²) in [5.41, 5.74) is 1.00. The fourth-order valence-electron chi connectivity index (χ4n) is 2.60. The number of urea groups is 1. The van der Waals surface area contributed by atoms with Crippen LogP contribution in [-0.2, 0) is 14.3 Å². The fourth-order valence-corrected chi connectivity index (χ4v) is 3.58. The van der Waals surface area contributed by atoms with Crippen molar-refractivity contribution >= 4 is 16.1 Å². The Morgan fingerprint density at radius 2 is 1.83 bits per heavy atom. The Labute approximate surface area is 144 Å². The van der Waals surface area contributed by atoms with Crippen LogP contribution in [0.4, 0.5) is 4.79 Å². The minimum absolute atomic E-state index is 0.0587. The molecule has 0 bridgehead atoms. The van der Waals surface area contributed by atoms with E-state index in [2.05, 4.69) is 5.32 Å². The van der Waals surface area contributed by atoms with Crippen molar-refractivity contribution in [1.29, 1.82) is 0 Å². The molecular formula is C17H26N2O4S. The molecule has 0 unspecified atom stereocenters. The number of nitrogens with zero attached hydrogens (tertiary/aromatic N) is 1. The lowest BCUT2D eigenvalue weighted by Crippen LogP contribution is -2.47. The van der Waals surface area contributed by atoms with Gasteiger partial charge in [-0.2, -0.15) is 8.42 Å². The zero-order valence-corrected chi connectivity index (χ0v) is 15.3. The van der Waals surface area contributed by atoms with Gasteiger partial charge in [0.15, 0.2) is 0 Å². The van der Waals surface area contributed by atoms with Crippen molar-refractivity contribution in [2.75, 3.05) is 19.7 Å². The SMILES string of the molecule is Cc1ccc(S(=O)(=O)OCC2CCN(C(=O)NC(C)C)CC2)cc1. The van der Waals surface area contributed by atoms with Crippen LogP contribution < -0.4 is 5.32 Å². The Kier molecular flexibility index (Phi) is 6.23. The fraction of sp³-hybridized carbons (Fsp3) is 0.588. The summed E-state index contributed by atoms with van der Waals surface area (Å²) in [4.78, 5) is 13.9. The summed E-state index contributed by atoms with van der Waals surface area (Å²) in [7, 11) is -3.72. The average Bonchev–Trinajstić information content (AvgIpc) is 2.53. The maximum Gasteiger partial charge on any atom is 0.317 e. The van der Waals surface area contributed by atoms with Crippen molar-refractivity contribution in [3.05, 3.63) is 29.8 Å². The molecule has 0 radical (unpaired) electrons. The lowest BCUT2D eigenvalue weighted by Gasteiger charge is -2.32. The van der Waals surface area contributed by atoms with Crippen molar-refractivity contribution in [3.8, 4) is 0 Å². The highest BCUT2D eigenvalue weighted by atomic mass is 32.2. The molecular weight excluding hydrogens is 328 g/mol. The molecule has 24 heavy (non-hydrogen) atoms. The molecule has 1 N–H and O–H groups in total. The molecule has 1 aliphatic rings. The topological polar surface area (TPSA) is 75.7 Å². The van der Waals surface area contributed by atoms with Gasteiger partial charge in [-0.15, -0.1) is 0 Å². The zero-order chi connectivity index (χ0) is 17.7. The number of carbonyl (C=O) groups is 1. The molecule has 0 aromatic heterocycles. The van der Waals surface area contributed by atoms with Gasteiger partial charge in [0.05, 0.1) is 11.5 Å². The quantitative estimate of drug-likeness (QED) is 0.825. The minimum Gasteiger partial charge on any atom is -0.336 e. The van der Waals surface area contributed by atoms with E-state index in [0.717, 1.165) is 18.4 Å². The number of hydrogen-bond acceptors (Lipinski definition) is 4. The van der Waals surface area contributed by atoms with Gasteiger partial charge in [-0.25, -0.2) is 4.79 Å². The molecule has 7 heteroatoms. The third kappa shape index (κ3) is 5.21. The highest BCUT2D eigenvalue weighted by Gasteiger charge is 2.25. The first kappa shape index (κ1) is 18.7. The van der Waals surface area contributed by atoms with E-state index in [4.69, 9.17) is 4.18 Å². The molecule has 1 aliphatic heterocycles.